The number of ether oxygens (including phenoxy) is 2. The Bertz CT molecular complexity index is 558. The zero-order valence-electron chi connectivity index (χ0n) is 11.2. The van der Waals surface area contributed by atoms with Gasteiger partial charge in [-0.15, -0.1) is 21.6 Å². The summed E-state index contributed by atoms with van der Waals surface area (Å²) in [6.45, 7) is 3.07. The number of aliphatic hydroxyl groups is 1. The molecule has 0 aliphatic heterocycles. The van der Waals surface area contributed by atoms with Gasteiger partial charge in [-0.05, 0) is 25.3 Å². The fourth-order valence-electron chi connectivity index (χ4n) is 1.19. The summed E-state index contributed by atoms with van der Waals surface area (Å²) in [5.41, 5.74) is -0.0567. The fourth-order valence-corrected chi connectivity index (χ4v) is 1.93. The topological polar surface area (TPSA) is 97.6 Å². The molecule has 0 spiro atoms. The number of carbonyl (C=O) groups is 2. The highest BCUT2D eigenvalue weighted by molar-refractivity contribution is 7.12. The van der Waals surface area contributed by atoms with Crippen LogP contribution in [0.15, 0.2) is 33.1 Å². The Morgan fingerprint density at radius 3 is 2.70 bits per heavy atom. The van der Waals surface area contributed by atoms with Crippen molar-refractivity contribution >= 4 is 29.0 Å². The van der Waals surface area contributed by atoms with Crippen LogP contribution in [0.3, 0.4) is 0 Å². The molecule has 1 N–H and O–H groups in total. The quantitative estimate of drug-likeness (QED) is 0.390. The Kier molecular flexibility index (Phi) is 5.85. The molecule has 0 fully saturated rings. The molecule has 20 heavy (non-hydrogen) atoms. The van der Waals surface area contributed by atoms with Gasteiger partial charge in [-0.3, -0.25) is 0 Å². The largest absolute Gasteiger partial charge is 0.510 e. The fraction of sp³-hybridized carbons (Fsp3) is 0.333. The number of hydrogen-bond acceptors (Lipinski definition) is 8. The summed E-state index contributed by atoms with van der Waals surface area (Å²) in [6, 6.07) is 1.55. The number of rotatable bonds is 5. The van der Waals surface area contributed by atoms with E-state index in [4.69, 9.17) is 4.74 Å². The molecule has 8 heteroatoms. The van der Waals surface area contributed by atoms with Gasteiger partial charge in [0.15, 0.2) is 0 Å². The first-order valence-electron chi connectivity index (χ1n) is 5.65. The van der Waals surface area contributed by atoms with E-state index in [1.54, 1.807) is 18.4 Å². The third kappa shape index (κ3) is 3.89. The number of nitrogens with zero attached hydrogens (tertiary/aromatic N) is 2. The standard InChI is InChI=1S/C12H14N2O5S/c1-4-19-11(16)9(7(2)15)14-13-8-5-6-20-10(8)12(17)18-3/h5-6,15H,4H2,1-3H3. The lowest BCUT2D eigenvalue weighted by Crippen LogP contribution is -2.07. The van der Waals surface area contributed by atoms with E-state index < -0.39 is 11.9 Å². The highest BCUT2D eigenvalue weighted by Gasteiger charge is 2.16. The zero-order valence-corrected chi connectivity index (χ0v) is 12.1. The van der Waals surface area contributed by atoms with Gasteiger partial charge in [0.25, 0.3) is 0 Å². The summed E-state index contributed by atoms with van der Waals surface area (Å²) < 4.78 is 9.33. The molecular weight excluding hydrogens is 284 g/mol. The summed E-state index contributed by atoms with van der Waals surface area (Å²) >= 11 is 1.14. The van der Waals surface area contributed by atoms with Crippen molar-refractivity contribution in [3.05, 3.63) is 27.8 Å². The van der Waals surface area contributed by atoms with Crippen LogP contribution in [0.25, 0.3) is 0 Å². The molecule has 1 aromatic heterocycles. The molecule has 0 unspecified atom stereocenters. The lowest BCUT2D eigenvalue weighted by Gasteiger charge is -2.02. The number of carbonyl (C=O) groups excluding carboxylic acids is 2. The van der Waals surface area contributed by atoms with Crippen LogP contribution in [-0.2, 0) is 14.3 Å². The minimum atomic E-state index is -0.786. The first-order valence-corrected chi connectivity index (χ1v) is 6.53. The van der Waals surface area contributed by atoms with E-state index in [0.717, 1.165) is 11.3 Å². The van der Waals surface area contributed by atoms with Crippen molar-refractivity contribution in [2.45, 2.75) is 13.8 Å². The van der Waals surface area contributed by atoms with Crippen LogP contribution in [0, 0.1) is 0 Å². The Morgan fingerprint density at radius 2 is 2.15 bits per heavy atom. The second-order valence-electron chi connectivity index (χ2n) is 3.48. The van der Waals surface area contributed by atoms with Crippen LogP contribution in [0.2, 0.25) is 0 Å². The lowest BCUT2D eigenvalue weighted by atomic mass is 10.4. The van der Waals surface area contributed by atoms with E-state index in [-0.39, 0.29) is 28.6 Å². The molecule has 1 heterocycles. The number of methoxy groups -OCH3 is 1. The molecule has 1 rings (SSSR count). The van der Waals surface area contributed by atoms with E-state index in [1.165, 1.54) is 14.0 Å². The van der Waals surface area contributed by atoms with Crippen molar-refractivity contribution in [2.75, 3.05) is 13.7 Å². The van der Waals surface area contributed by atoms with Crippen molar-refractivity contribution in [3.63, 3.8) is 0 Å². The van der Waals surface area contributed by atoms with Gasteiger partial charge in [-0.25, -0.2) is 9.59 Å². The first kappa shape index (κ1) is 15.8. The smallest absolute Gasteiger partial charge is 0.362 e. The maximum atomic E-state index is 11.5. The van der Waals surface area contributed by atoms with Gasteiger partial charge in [0.2, 0.25) is 5.70 Å². The monoisotopic (exact) mass is 298 g/mol. The van der Waals surface area contributed by atoms with E-state index in [1.807, 2.05) is 0 Å². The van der Waals surface area contributed by atoms with Gasteiger partial charge in [0.1, 0.15) is 16.3 Å². The molecule has 108 valence electrons. The molecule has 0 saturated heterocycles. The van der Waals surface area contributed by atoms with Crippen molar-refractivity contribution < 1.29 is 24.2 Å². The van der Waals surface area contributed by atoms with Gasteiger partial charge in [-0.2, -0.15) is 0 Å². The number of esters is 2. The van der Waals surface area contributed by atoms with E-state index in [2.05, 4.69) is 15.0 Å². The average molecular weight is 298 g/mol. The molecule has 7 nitrogen and oxygen atoms in total. The van der Waals surface area contributed by atoms with Gasteiger partial charge in [0, 0.05) is 0 Å². The van der Waals surface area contributed by atoms with E-state index >= 15 is 0 Å². The minimum absolute atomic E-state index is 0.150. The Morgan fingerprint density at radius 1 is 1.45 bits per heavy atom. The predicted molar refractivity (Wildman–Crippen MR) is 72.1 cm³/mol. The van der Waals surface area contributed by atoms with Crippen LogP contribution < -0.4 is 0 Å². The van der Waals surface area contributed by atoms with Crippen molar-refractivity contribution in [2.24, 2.45) is 10.2 Å². The Labute approximate surface area is 119 Å². The van der Waals surface area contributed by atoms with Crippen molar-refractivity contribution in [1.29, 1.82) is 0 Å². The first-order chi connectivity index (χ1) is 9.51. The van der Waals surface area contributed by atoms with Gasteiger partial charge in [-0.1, -0.05) is 0 Å². The van der Waals surface area contributed by atoms with E-state index in [9.17, 15) is 14.7 Å². The molecule has 0 aliphatic rings. The molecule has 0 saturated carbocycles. The van der Waals surface area contributed by atoms with Crippen LogP contribution in [-0.4, -0.2) is 30.8 Å². The number of thiophene rings is 1. The van der Waals surface area contributed by atoms with Crippen LogP contribution in [0.5, 0.6) is 0 Å². The van der Waals surface area contributed by atoms with Gasteiger partial charge >= 0.3 is 11.9 Å². The van der Waals surface area contributed by atoms with Crippen molar-refractivity contribution in [1.82, 2.24) is 0 Å². The summed E-state index contributed by atoms with van der Waals surface area (Å²) in [5.74, 6) is -1.65. The molecule has 0 aliphatic carbocycles. The van der Waals surface area contributed by atoms with Crippen LogP contribution in [0.4, 0.5) is 5.69 Å². The maximum Gasteiger partial charge on any atom is 0.362 e. The van der Waals surface area contributed by atoms with Crippen LogP contribution in [0.1, 0.15) is 23.5 Å². The van der Waals surface area contributed by atoms with Gasteiger partial charge < -0.3 is 14.6 Å². The molecule has 1 aromatic rings. The molecule has 0 aromatic carbocycles. The minimum Gasteiger partial charge on any atom is -0.510 e. The highest BCUT2D eigenvalue weighted by atomic mass is 32.1. The molecule has 0 amide bonds. The zero-order chi connectivity index (χ0) is 15.1. The molecule has 0 bridgehead atoms. The molecular formula is C12H14N2O5S. The number of azo groups is 1. The third-order valence-corrected chi connectivity index (χ3v) is 2.97. The Hall–Kier alpha value is -2.22. The predicted octanol–water partition coefficient (Wildman–Crippen LogP) is 2.97. The number of hydrogen-bond donors (Lipinski definition) is 1. The second-order valence-corrected chi connectivity index (χ2v) is 4.40. The Balaban J connectivity index is 3.01. The maximum absolute atomic E-state index is 11.5. The summed E-state index contributed by atoms with van der Waals surface area (Å²) in [4.78, 5) is 23.2. The number of aliphatic hydroxyl groups excluding tert-OH is 1. The summed E-state index contributed by atoms with van der Waals surface area (Å²) in [5, 5.41) is 18.5. The van der Waals surface area contributed by atoms with Crippen molar-refractivity contribution in [3.8, 4) is 0 Å². The molecule has 0 atom stereocenters. The summed E-state index contributed by atoms with van der Waals surface area (Å²) in [7, 11) is 1.25. The lowest BCUT2D eigenvalue weighted by molar-refractivity contribution is -0.138. The average Bonchev–Trinajstić information content (AvgIpc) is 2.86. The van der Waals surface area contributed by atoms with E-state index in [0.29, 0.717) is 0 Å². The third-order valence-electron chi connectivity index (χ3n) is 2.08. The second kappa shape index (κ2) is 7.39. The molecule has 0 radical (unpaired) electrons. The SMILES string of the molecule is CCOC(=O)C(N=Nc1ccsc1C(=O)OC)=C(C)O. The highest BCUT2D eigenvalue weighted by Crippen LogP contribution is 2.27. The van der Waals surface area contributed by atoms with Gasteiger partial charge in [0.05, 0.1) is 13.7 Å². The summed E-state index contributed by atoms with van der Waals surface area (Å²) in [6.07, 6.45) is 0. The normalized spacial score (nSPS) is 12.2. The van der Waals surface area contributed by atoms with Crippen LogP contribution >= 0.6 is 11.3 Å². The number of allylic oxidation sites excluding steroid dienone is 1.